The molecule has 7 nitrogen and oxygen atoms in total. The molecule has 7 heteroatoms. The Kier molecular flexibility index (Phi) is 5.32. The molecule has 3 aromatic rings. The number of carbonyl (C=O) groups excluding carboxylic acids is 1. The number of hydrogen-bond donors (Lipinski definition) is 1. The average molecular weight is 364 g/mol. The van der Waals surface area contributed by atoms with E-state index in [1.165, 1.54) is 37.5 Å². The number of carbonyl (C=O) groups is 1. The fourth-order valence-corrected chi connectivity index (χ4v) is 2.43. The zero-order chi connectivity index (χ0) is 19.2. The Morgan fingerprint density at radius 3 is 2.63 bits per heavy atom. The fraction of sp³-hybridized carbons (Fsp3) is 0.0500. The third-order valence-electron chi connectivity index (χ3n) is 3.74. The quantitative estimate of drug-likeness (QED) is 0.394. The maximum atomic E-state index is 12.1. The zero-order valence-corrected chi connectivity index (χ0v) is 14.4. The highest BCUT2D eigenvalue weighted by Crippen LogP contribution is 2.29. The molecule has 0 aliphatic heterocycles. The summed E-state index contributed by atoms with van der Waals surface area (Å²) in [5, 5.41) is 13.6. The number of amides is 1. The number of hydrogen-bond acceptors (Lipinski definition) is 5. The van der Waals surface area contributed by atoms with Crippen LogP contribution < -0.4 is 10.1 Å². The second-order valence-electron chi connectivity index (χ2n) is 5.53. The lowest BCUT2D eigenvalue weighted by Gasteiger charge is -2.05. The van der Waals surface area contributed by atoms with Gasteiger partial charge >= 0.3 is 0 Å². The highest BCUT2D eigenvalue weighted by Gasteiger charge is 2.16. The predicted octanol–water partition coefficient (Wildman–Crippen LogP) is 4.52. The summed E-state index contributed by atoms with van der Waals surface area (Å²) in [5.74, 6) is 0.995. The van der Waals surface area contributed by atoms with E-state index in [0.29, 0.717) is 17.3 Å². The number of nitro benzene ring substituents is 1. The molecule has 1 aromatic heterocycles. The van der Waals surface area contributed by atoms with Gasteiger partial charge in [0.2, 0.25) is 5.91 Å². The molecule has 0 atom stereocenters. The lowest BCUT2D eigenvalue weighted by atomic mass is 10.2. The number of methoxy groups -OCH3 is 1. The maximum absolute atomic E-state index is 12.1. The Hall–Kier alpha value is -3.87. The fourth-order valence-electron chi connectivity index (χ4n) is 2.43. The van der Waals surface area contributed by atoms with E-state index in [-0.39, 0.29) is 11.4 Å². The van der Waals surface area contributed by atoms with Crippen LogP contribution in [-0.2, 0) is 4.79 Å². The van der Waals surface area contributed by atoms with Crippen molar-refractivity contribution in [2.45, 2.75) is 0 Å². The van der Waals surface area contributed by atoms with Crippen LogP contribution in [0.3, 0.4) is 0 Å². The van der Waals surface area contributed by atoms with E-state index in [9.17, 15) is 14.9 Å². The van der Waals surface area contributed by atoms with Gasteiger partial charge in [-0.2, -0.15) is 0 Å². The summed E-state index contributed by atoms with van der Waals surface area (Å²) in [4.78, 5) is 22.7. The molecule has 0 aliphatic rings. The van der Waals surface area contributed by atoms with Crippen molar-refractivity contribution in [3.8, 4) is 17.1 Å². The van der Waals surface area contributed by atoms with Crippen LogP contribution in [0.4, 0.5) is 11.4 Å². The van der Waals surface area contributed by atoms with Crippen molar-refractivity contribution in [2.24, 2.45) is 0 Å². The molecule has 0 bridgehead atoms. The van der Waals surface area contributed by atoms with Gasteiger partial charge in [-0.1, -0.05) is 30.3 Å². The topological polar surface area (TPSA) is 94.6 Å². The molecule has 2 aromatic carbocycles. The van der Waals surface area contributed by atoms with Gasteiger partial charge in [0.1, 0.15) is 23.0 Å². The number of nitrogens with zero attached hydrogens (tertiary/aromatic N) is 1. The summed E-state index contributed by atoms with van der Waals surface area (Å²) in [5.41, 5.74) is 0.760. The van der Waals surface area contributed by atoms with Crippen molar-refractivity contribution in [3.05, 3.63) is 82.6 Å². The molecule has 0 fully saturated rings. The molecule has 0 radical (unpaired) electrons. The monoisotopic (exact) mass is 364 g/mol. The van der Waals surface area contributed by atoms with Gasteiger partial charge in [-0.05, 0) is 30.3 Å². The Labute approximate surface area is 155 Å². The summed E-state index contributed by atoms with van der Waals surface area (Å²) >= 11 is 0. The summed E-state index contributed by atoms with van der Waals surface area (Å²) in [7, 11) is 1.41. The number of ether oxygens (including phenoxy) is 1. The van der Waals surface area contributed by atoms with Crippen LogP contribution in [0.1, 0.15) is 5.76 Å². The van der Waals surface area contributed by atoms with E-state index >= 15 is 0 Å². The highest BCUT2D eigenvalue weighted by atomic mass is 16.6. The minimum atomic E-state index is -0.583. The van der Waals surface area contributed by atoms with E-state index in [1.807, 2.05) is 30.3 Å². The number of furan rings is 1. The molecule has 0 spiro atoms. The van der Waals surface area contributed by atoms with E-state index in [2.05, 4.69) is 5.32 Å². The van der Waals surface area contributed by atoms with Crippen molar-refractivity contribution in [3.63, 3.8) is 0 Å². The normalized spacial score (nSPS) is 10.7. The Morgan fingerprint density at radius 1 is 1.15 bits per heavy atom. The van der Waals surface area contributed by atoms with Crippen LogP contribution in [0.5, 0.6) is 5.75 Å². The van der Waals surface area contributed by atoms with Crippen LogP contribution in [0.15, 0.2) is 71.2 Å². The molecule has 3 rings (SSSR count). The lowest BCUT2D eigenvalue weighted by molar-refractivity contribution is -0.384. The molecule has 1 N–H and O–H groups in total. The van der Waals surface area contributed by atoms with Crippen LogP contribution in [0.25, 0.3) is 17.4 Å². The molecular weight excluding hydrogens is 348 g/mol. The molecule has 0 aliphatic carbocycles. The molecule has 136 valence electrons. The average Bonchev–Trinajstić information content (AvgIpc) is 3.16. The first kappa shape index (κ1) is 17.9. The maximum Gasteiger partial charge on any atom is 0.296 e. The summed E-state index contributed by atoms with van der Waals surface area (Å²) in [6.07, 6.45) is 2.75. The van der Waals surface area contributed by atoms with Crippen LogP contribution in [0, 0.1) is 10.1 Å². The first-order valence-corrected chi connectivity index (χ1v) is 8.03. The van der Waals surface area contributed by atoms with Gasteiger partial charge in [0.15, 0.2) is 0 Å². The second kappa shape index (κ2) is 8.01. The Bertz CT molecular complexity index is 993. The number of nitro groups is 1. The lowest BCUT2D eigenvalue weighted by Crippen LogP contribution is -2.09. The molecular formula is C20H16N2O5. The van der Waals surface area contributed by atoms with Gasteiger partial charge in [-0.25, -0.2) is 0 Å². The predicted molar refractivity (Wildman–Crippen MR) is 101 cm³/mol. The second-order valence-corrected chi connectivity index (χ2v) is 5.53. The third-order valence-corrected chi connectivity index (χ3v) is 3.74. The first-order valence-electron chi connectivity index (χ1n) is 8.03. The molecule has 0 saturated carbocycles. The third kappa shape index (κ3) is 4.40. The molecule has 1 heterocycles. The Balaban J connectivity index is 1.71. The number of anilines is 1. The molecule has 0 unspecified atom stereocenters. The van der Waals surface area contributed by atoms with Gasteiger partial charge < -0.3 is 14.5 Å². The van der Waals surface area contributed by atoms with Gasteiger partial charge in [0.05, 0.1) is 18.1 Å². The van der Waals surface area contributed by atoms with Crippen LogP contribution >= 0.6 is 0 Å². The minimum Gasteiger partial charge on any atom is -0.496 e. The standard InChI is InChI=1S/C20H16N2O5/c1-26-16-7-10-17(18(13-16)22(24)25)21-20(23)12-9-15-8-11-19(27-15)14-5-3-2-4-6-14/h2-13H,1H3,(H,21,23)/b12-9+. The largest absolute Gasteiger partial charge is 0.496 e. The van der Waals surface area contributed by atoms with Crippen molar-refractivity contribution in [2.75, 3.05) is 12.4 Å². The smallest absolute Gasteiger partial charge is 0.296 e. The Morgan fingerprint density at radius 2 is 1.93 bits per heavy atom. The van der Waals surface area contributed by atoms with Gasteiger partial charge in [-0.3, -0.25) is 14.9 Å². The van der Waals surface area contributed by atoms with Gasteiger partial charge in [0.25, 0.3) is 5.69 Å². The first-order chi connectivity index (χ1) is 13.1. The molecule has 1 amide bonds. The van der Waals surface area contributed by atoms with Crippen molar-refractivity contribution in [1.82, 2.24) is 0 Å². The van der Waals surface area contributed by atoms with Gasteiger partial charge in [0, 0.05) is 11.6 Å². The van der Waals surface area contributed by atoms with Crippen molar-refractivity contribution >= 4 is 23.4 Å². The number of rotatable bonds is 6. The summed E-state index contributed by atoms with van der Waals surface area (Å²) in [6, 6.07) is 17.3. The van der Waals surface area contributed by atoms with Crippen LogP contribution in [0.2, 0.25) is 0 Å². The zero-order valence-electron chi connectivity index (χ0n) is 14.4. The molecule has 0 saturated heterocycles. The van der Waals surface area contributed by atoms with Crippen molar-refractivity contribution < 1.29 is 18.9 Å². The summed E-state index contributed by atoms with van der Waals surface area (Å²) < 4.78 is 10.6. The molecule has 27 heavy (non-hydrogen) atoms. The minimum absolute atomic E-state index is 0.0832. The SMILES string of the molecule is COc1ccc(NC(=O)/C=C/c2ccc(-c3ccccc3)o2)c([N+](=O)[O-])c1. The highest BCUT2D eigenvalue weighted by molar-refractivity contribution is 6.03. The van der Waals surface area contributed by atoms with E-state index in [4.69, 9.17) is 9.15 Å². The summed E-state index contributed by atoms with van der Waals surface area (Å²) in [6.45, 7) is 0. The van der Waals surface area contributed by atoms with E-state index in [0.717, 1.165) is 5.56 Å². The van der Waals surface area contributed by atoms with E-state index in [1.54, 1.807) is 12.1 Å². The van der Waals surface area contributed by atoms with Gasteiger partial charge in [-0.15, -0.1) is 0 Å². The number of benzene rings is 2. The van der Waals surface area contributed by atoms with Crippen molar-refractivity contribution in [1.29, 1.82) is 0 Å². The number of nitrogens with one attached hydrogen (secondary N) is 1. The van der Waals surface area contributed by atoms with E-state index < -0.39 is 10.8 Å². The van der Waals surface area contributed by atoms with Crippen LogP contribution in [-0.4, -0.2) is 17.9 Å².